The van der Waals surface area contributed by atoms with E-state index < -0.39 is 5.97 Å². The summed E-state index contributed by atoms with van der Waals surface area (Å²) < 4.78 is 6.78. The van der Waals surface area contributed by atoms with Crippen molar-refractivity contribution in [3.05, 3.63) is 35.4 Å². The first kappa shape index (κ1) is 13.1. The zero-order valence-electron chi connectivity index (χ0n) is 11.3. The summed E-state index contributed by atoms with van der Waals surface area (Å²) in [6.45, 7) is 0. The molecule has 106 valence electrons. The van der Waals surface area contributed by atoms with Crippen molar-refractivity contribution in [3.63, 3.8) is 0 Å². The number of ether oxygens (including phenoxy) is 1. The van der Waals surface area contributed by atoms with Crippen molar-refractivity contribution >= 4 is 5.97 Å². The van der Waals surface area contributed by atoms with Gasteiger partial charge in [-0.25, -0.2) is 14.5 Å². The number of aromatic carboxylic acids is 1. The number of hydrogen-bond acceptors (Lipinski definition) is 5. The molecule has 0 radical (unpaired) electrons. The van der Waals surface area contributed by atoms with Gasteiger partial charge in [-0.05, 0) is 25.0 Å². The third kappa shape index (κ3) is 2.31. The molecular formula is C14H12N4O3. The number of aromatic nitrogens is 3. The van der Waals surface area contributed by atoms with E-state index in [1.807, 2.05) is 6.07 Å². The number of benzene rings is 1. The molecule has 21 heavy (non-hydrogen) atoms. The summed E-state index contributed by atoms with van der Waals surface area (Å²) in [4.78, 5) is 15.2. The van der Waals surface area contributed by atoms with Crippen LogP contribution in [0.15, 0.2) is 18.2 Å². The number of hydrogen-bond donors (Lipinski definition) is 1. The molecule has 1 saturated carbocycles. The maximum atomic E-state index is 11.1. The van der Waals surface area contributed by atoms with Crippen molar-refractivity contribution in [1.82, 2.24) is 14.8 Å². The molecule has 0 unspecified atom stereocenters. The van der Waals surface area contributed by atoms with E-state index in [4.69, 9.17) is 15.1 Å². The highest BCUT2D eigenvalue weighted by Gasteiger charge is 2.32. The predicted octanol–water partition coefficient (Wildman–Crippen LogP) is 1.72. The first-order chi connectivity index (χ1) is 10.1. The number of carboxylic acid groups (broad SMARTS) is 1. The van der Waals surface area contributed by atoms with Crippen LogP contribution in [0, 0.1) is 11.3 Å². The van der Waals surface area contributed by atoms with Crippen LogP contribution in [-0.4, -0.2) is 33.0 Å². The lowest BCUT2D eigenvalue weighted by atomic mass is 10.2. The summed E-state index contributed by atoms with van der Waals surface area (Å²) in [5.74, 6) is -0.0919. The van der Waals surface area contributed by atoms with Crippen molar-refractivity contribution in [2.75, 3.05) is 7.11 Å². The molecule has 7 heteroatoms. The van der Waals surface area contributed by atoms with Crippen molar-refractivity contribution in [1.29, 1.82) is 5.26 Å². The minimum absolute atomic E-state index is 0.228. The zero-order chi connectivity index (χ0) is 15.0. The van der Waals surface area contributed by atoms with E-state index in [-0.39, 0.29) is 11.7 Å². The summed E-state index contributed by atoms with van der Waals surface area (Å²) >= 11 is 0. The van der Waals surface area contributed by atoms with Crippen LogP contribution in [0.25, 0.3) is 5.69 Å². The molecule has 7 nitrogen and oxygen atoms in total. The van der Waals surface area contributed by atoms with Gasteiger partial charge in [-0.3, -0.25) is 0 Å². The molecule has 0 spiro atoms. The molecule has 0 amide bonds. The molecule has 1 aromatic heterocycles. The number of rotatable bonds is 4. The van der Waals surface area contributed by atoms with Gasteiger partial charge >= 0.3 is 5.97 Å². The molecule has 3 rings (SSSR count). The number of methoxy groups -OCH3 is 1. The van der Waals surface area contributed by atoms with Gasteiger partial charge in [0.1, 0.15) is 17.3 Å². The fourth-order valence-corrected chi connectivity index (χ4v) is 2.12. The molecule has 1 aromatic carbocycles. The van der Waals surface area contributed by atoms with Gasteiger partial charge in [0.25, 0.3) is 5.82 Å². The summed E-state index contributed by atoms with van der Waals surface area (Å²) in [7, 11) is 1.49. The highest BCUT2D eigenvalue weighted by atomic mass is 16.5. The Labute approximate surface area is 120 Å². The van der Waals surface area contributed by atoms with Crippen LogP contribution in [0.3, 0.4) is 0 Å². The minimum atomic E-state index is -1.16. The first-order valence-corrected chi connectivity index (χ1v) is 6.42. The van der Waals surface area contributed by atoms with Gasteiger partial charge in [-0.2, -0.15) is 5.26 Å². The third-order valence-corrected chi connectivity index (χ3v) is 3.30. The average Bonchev–Trinajstić information content (AvgIpc) is 3.25. The van der Waals surface area contributed by atoms with Gasteiger partial charge in [0.05, 0.1) is 18.7 Å². The topological polar surface area (TPSA) is 101 Å². The maximum absolute atomic E-state index is 11.1. The Morgan fingerprint density at radius 2 is 2.29 bits per heavy atom. The number of carbonyl (C=O) groups is 1. The fourth-order valence-electron chi connectivity index (χ4n) is 2.12. The summed E-state index contributed by atoms with van der Waals surface area (Å²) in [6.07, 6.45) is 1.94. The molecule has 2 aromatic rings. The Morgan fingerprint density at radius 3 is 2.86 bits per heavy atom. The van der Waals surface area contributed by atoms with E-state index in [9.17, 15) is 4.79 Å². The van der Waals surface area contributed by atoms with E-state index >= 15 is 0 Å². The molecule has 1 heterocycles. The van der Waals surface area contributed by atoms with Crippen molar-refractivity contribution in [2.24, 2.45) is 0 Å². The van der Waals surface area contributed by atoms with Gasteiger partial charge in [0, 0.05) is 12.0 Å². The van der Waals surface area contributed by atoms with Crippen LogP contribution in [-0.2, 0) is 0 Å². The molecule has 1 fully saturated rings. The highest BCUT2D eigenvalue weighted by molar-refractivity contribution is 5.83. The molecule has 0 atom stereocenters. The van der Waals surface area contributed by atoms with Crippen LogP contribution >= 0.6 is 0 Å². The van der Waals surface area contributed by atoms with Crippen molar-refractivity contribution in [3.8, 4) is 17.5 Å². The van der Waals surface area contributed by atoms with Crippen molar-refractivity contribution < 1.29 is 14.6 Å². The second kappa shape index (κ2) is 4.90. The molecule has 0 aliphatic heterocycles. The first-order valence-electron chi connectivity index (χ1n) is 6.42. The van der Waals surface area contributed by atoms with E-state index in [1.165, 1.54) is 11.8 Å². The normalized spacial score (nSPS) is 13.7. The summed E-state index contributed by atoms with van der Waals surface area (Å²) in [5.41, 5.74) is 1.04. The van der Waals surface area contributed by atoms with Gasteiger partial charge in [0.15, 0.2) is 0 Å². The fraction of sp³-hybridized carbons (Fsp3) is 0.286. The van der Waals surface area contributed by atoms with E-state index in [1.54, 1.807) is 18.2 Å². The Hall–Kier alpha value is -2.88. The summed E-state index contributed by atoms with van der Waals surface area (Å²) in [5, 5.41) is 22.0. The molecule has 1 aliphatic rings. The summed E-state index contributed by atoms with van der Waals surface area (Å²) in [6, 6.07) is 6.95. The van der Waals surface area contributed by atoms with Gasteiger partial charge < -0.3 is 9.84 Å². The SMILES string of the molecule is COc1cc(C#N)ccc1-n1nc(C(=O)O)nc1C1CC1. The molecule has 1 aliphatic carbocycles. The van der Waals surface area contributed by atoms with Gasteiger partial charge in [0.2, 0.25) is 0 Å². The number of nitrogens with zero attached hydrogens (tertiary/aromatic N) is 4. The van der Waals surface area contributed by atoms with Crippen LogP contribution in [0.4, 0.5) is 0 Å². The minimum Gasteiger partial charge on any atom is -0.494 e. The second-order valence-corrected chi connectivity index (χ2v) is 4.78. The van der Waals surface area contributed by atoms with E-state index in [0.717, 1.165) is 12.8 Å². The van der Waals surface area contributed by atoms with Crippen molar-refractivity contribution in [2.45, 2.75) is 18.8 Å². The number of nitriles is 1. The van der Waals surface area contributed by atoms with Crippen LogP contribution in [0.2, 0.25) is 0 Å². The van der Waals surface area contributed by atoms with Gasteiger partial charge in [-0.1, -0.05) is 0 Å². The Bertz CT molecular complexity index is 756. The third-order valence-electron chi connectivity index (χ3n) is 3.30. The maximum Gasteiger partial charge on any atom is 0.375 e. The Kier molecular flexibility index (Phi) is 3.06. The van der Waals surface area contributed by atoms with Gasteiger partial charge in [-0.15, -0.1) is 5.10 Å². The van der Waals surface area contributed by atoms with Crippen LogP contribution < -0.4 is 4.74 Å². The zero-order valence-corrected chi connectivity index (χ0v) is 11.3. The average molecular weight is 284 g/mol. The molecule has 0 bridgehead atoms. The lowest BCUT2D eigenvalue weighted by molar-refractivity contribution is 0.0683. The molecule has 0 saturated heterocycles. The Morgan fingerprint density at radius 1 is 1.52 bits per heavy atom. The quantitative estimate of drug-likeness (QED) is 0.917. The standard InChI is InChI=1S/C14H12N4O3/c1-21-11-6-8(7-15)2-5-10(11)18-13(9-3-4-9)16-12(17-18)14(19)20/h2,5-6,9H,3-4H2,1H3,(H,19,20). The van der Waals surface area contributed by atoms with E-state index in [0.29, 0.717) is 22.8 Å². The number of carboxylic acids is 1. The highest BCUT2D eigenvalue weighted by Crippen LogP contribution is 2.40. The lowest BCUT2D eigenvalue weighted by Gasteiger charge is -2.10. The molecular weight excluding hydrogens is 272 g/mol. The second-order valence-electron chi connectivity index (χ2n) is 4.78. The largest absolute Gasteiger partial charge is 0.494 e. The molecule has 1 N–H and O–H groups in total. The lowest BCUT2D eigenvalue weighted by Crippen LogP contribution is -2.05. The predicted molar refractivity (Wildman–Crippen MR) is 71.6 cm³/mol. The smallest absolute Gasteiger partial charge is 0.375 e. The monoisotopic (exact) mass is 284 g/mol. The van der Waals surface area contributed by atoms with Crippen LogP contribution in [0.5, 0.6) is 5.75 Å². The van der Waals surface area contributed by atoms with E-state index in [2.05, 4.69) is 10.1 Å². The Balaban J connectivity index is 2.15. The van der Waals surface area contributed by atoms with Crippen LogP contribution in [0.1, 0.15) is 40.8 Å².